The third-order valence-corrected chi connectivity index (χ3v) is 4.22. The number of piperidine rings is 1. The zero-order valence-corrected chi connectivity index (χ0v) is 17.8. The molecule has 146 valence electrons. The van der Waals surface area contributed by atoms with Crippen molar-refractivity contribution in [3.63, 3.8) is 0 Å². The van der Waals surface area contributed by atoms with Gasteiger partial charge in [0.25, 0.3) is 0 Å². The standard InChI is InChI=1S/C18H30N2O.2C2H6/c1-16-9-12-20(13-10-16)15-17-5-7-18(8-6-17)21-14-4-11-19(2)3;2*1-2/h5-8,16H,4,9-15H2,1-3H3;2*1-2H3. The molecule has 0 aromatic heterocycles. The summed E-state index contributed by atoms with van der Waals surface area (Å²) in [4.78, 5) is 4.75. The highest BCUT2D eigenvalue weighted by Crippen LogP contribution is 2.19. The van der Waals surface area contributed by atoms with Gasteiger partial charge < -0.3 is 9.64 Å². The molecule has 0 bridgehead atoms. The quantitative estimate of drug-likeness (QED) is 0.620. The molecule has 2 rings (SSSR count). The lowest BCUT2D eigenvalue weighted by Gasteiger charge is -2.30. The van der Waals surface area contributed by atoms with Crippen LogP contribution in [-0.2, 0) is 6.54 Å². The number of hydrogen-bond acceptors (Lipinski definition) is 3. The molecule has 1 aromatic rings. The molecule has 1 heterocycles. The molecule has 1 saturated heterocycles. The van der Waals surface area contributed by atoms with Crippen LogP contribution in [0.3, 0.4) is 0 Å². The predicted molar refractivity (Wildman–Crippen MR) is 111 cm³/mol. The van der Waals surface area contributed by atoms with Crippen LogP contribution in [0.4, 0.5) is 0 Å². The third kappa shape index (κ3) is 11.2. The van der Waals surface area contributed by atoms with E-state index in [9.17, 15) is 0 Å². The van der Waals surface area contributed by atoms with Gasteiger partial charge in [-0.3, -0.25) is 4.90 Å². The van der Waals surface area contributed by atoms with Crippen molar-refractivity contribution in [1.29, 1.82) is 0 Å². The summed E-state index contributed by atoms with van der Waals surface area (Å²) < 4.78 is 5.78. The number of ether oxygens (including phenoxy) is 1. The Balaban J connectivity index is 0.00000134. The van der Waals surface area contributed by atoms with Gasteiger partial charge in [0.2, 0.25) is 0 Å². The third-order valence-electron chi connectivity index (χ3n) is 4.22. The molecule has 3 nitrogen and oxygen atoms in total. The minimum absolute atomic E-state index is 0.793. The van der Waals surface area contributed by atoms with Crippen LogP contribution in [-0.4, -0.2) is 50.1 Å². The van der Waals surface area contributed by atoms with Crippen molar-refractivity contribution in [1.82, 2.24) is 9.80 Å². The van der Waals surface area contributed by atoms with E-state index in [4.69, 9.17) is 4.74 Å². The zero-order valence-electron chi connectivity index (χ0n) is 17.8. The van der Waals surface area contributed by atoms with E-state index in [2.05, 4.69) is 55.1 Å². The van der Waals surface area contributed by atoms with Gasteiger partial charge in [0.15, 0.2) is 0 Å². The van der Waals surface area contributed by atoms with E-state index in [1.54, 1.807) is 0 Å². The number of benzene rings is 1. The first-order valence-electron chi connectivity index (χ1n) is 10.2. The maximum Gasteiger partial charge on any atom is 0.119 e. The van der Waals surface area contributed by atoms with Gasteiger partial charge in [0.1, 0.15) is 5.75 Å². The summed E-state index contributed by atoms with van der Waals surface area (Å²) in [6.45, 7) is 15.8. The summed E-state index contributed by atoms with van der Waals surface area (Å²) in [6, 6.07) is 8.63. The number of nitrogens with zero attached hydrogens (tertiary/aromatic N) is 2. The lowest BCUT2D eigenvalue weighted by Crippen LogP contribution is -2.32. The first-order valence-corrected chi connectivity index (χ1v) is 10.2. The summed E-state index contributed by atoms with van der Waals surface area (Å²) in [7, 11) is 4.19. The molecule has 0 unspecified atom stereocenters. The summed E-state index contributed by atoms with van der Waals surface area (Å²) in [5.74, 6) is 1.89. The average Bonchev–Trinajstić information content (AvgIpc) is 2.65. The molecule has 1 aromatic carbocycles. The van der Waals surface area contributed by atoms with Crippen molar-refractivity contribution in [2.45, 2.75) is 60.4 Å². The molecule has 1 fully saturated rings. The van der Waals surface area contributed by atoms with E-state index >= 15 is 0 Å². The lowest BCUT2D eigenvalue weighted by atomic mass is 9.99. The van der Waals surface area contributed by atoms with Crippen LogP contribution in [0.1, 0.15) is 59.4 Å². The number of hydrogen-bond donors (Lipinski definition) is 0. The molecule has 1 aliphatic rings. The van der Waals surface area contributed by atoms with Crippen LogP contribution in [0.2, 0.25) is 0 Å². The molecule has 0 saturated carbocycles. The van der Waals surface area contributed by atoms with Crippen LogP contribution < -0.4 is 4.74 Å². The second-order valence-corrected chi connectivity index (χ2v) is 6.61. The smallest absolute Gasteiger partial charge is 0.119 e. The fourth-order valence-electron chi connectivity index (χ4n) is 2.74. The Hall–Kier alpha value is -1.06. The average molecular weight is 351 g/mol. The Bertz CT molecular complexity index is 395. The SMILES string of the molecule is CC.CC.CC1CCN(Cc2ccc(OCCCN(C)C)cc2)CC1. The molecule has 0 amide bonds. The molecule has 0 spiro atoms. The normalized spacial score (nSPS) is 15.0. The van der Waals surface area contributed by atoms with Gasteiger partial charge in [-0.2, -0.15) is 0 Å². The lowest BCUT2D eigenvalue weighted by molar-refractivity contribution is 0.185. The van der Waals surface area contributed by atoms with Gasteiger partial charge >= 0.3 is 0 Å². The number of likely N-dealkylation sites (tertiary alicyclic amines) is 1. The topological polar surface area (TPSA) is 15.7 Å². The van der Waals surface area contributed by atoms with Crippen molar-refractivity contribution < 1.29 is 4.74 Å². The van der Waals surface area contributed by atoms with E-state index in [0.29, 0.717) is 0 Å². The predicted octanol–water partition coefficient (Wildman–Crippen LogP) is 5.30. The van der Waals surface area contributed by atoms with Crippen molar-refractivity contribution >= 4 is 0 Å². The van der Waals surface area contributed by atoms with Crippen LogP contribution in [0, 0.1) is 5.92 Å². The molecule has 0 radical (unpaired) electrons. The van der Waals surface area contributed by atoms with Gasteiger partial charge in [-0.15, -0.1) is 0 Å². The van der Waals surface area contributed by atoms with E-state index in [0.717, 1.165) is 37.8 Å². The molecule has 1 aliphatic heterocycles. The van der Waals surface area contributed by atoms with Crippen molar-refractivity contribution in [2.24, 2.45) is 5.92 Å². The number of rotatable bonds is 7. The fourth-order valence-corrected chi connectivity index (χ4v) is 2.74. The zero-order chi connectivity index (χ0) is 19.1. The Kier molecular flexibility index (Phi) is 14.6. The fraction of sp³-hybridized carbons (Fsp3) is 0.727. The molecular formula is C22H42N2O. The van der Waals surface area contributed by atoms with E-state index in [-0.39, 0.29) is 0 Å². The van der Waals surface area contributed by atoms with E-state index < -0.39 is 0 Å². The van der Waals surface area contributed by atoms with Crippen molar-refractivity contribution in [3.05, 3.63) is 29.8 Å². The highest BCUT2D eigenvalue weighted by atomic mass is 16.5. The van der Waals surface area contributed by atoms with Gasteiger partial charge in [-0.05, 0) is 70.1 Å². The second kappa shape index (κ2) is 15.2. The van der Waals surface area contributed by atoms with Crippen LogP contribution >= 0.6 is 0 Å². The van der Waals surface area contributed by atoms with Crippen LogP contribution in [0.5, 0.6) is 5.75 Å². The molecule has 0 N–H and O–H groups in total. The minimum Gasteiger partial charge on any atom is -0.494 e. The maximum absolute atomic E-state index is 5.78. The van der Waals surface area contributed by atoms with Gasteiger partial charge in [0, 0.05) is 13.1 Å². The Morgan fingerprint density at radius 1 is 1.00 bits per heavy atom. The minimum atomic E-state index is 0.793. The van der Waals surface area contributed by atoms with E-state index in [1.165, 1.54) is 31.5 Å². The van der Waals surface area contributed by atoms with Crippen LogP contribution in [0.25, 0.3) is 0 Å². The molecular weight excluding hydrogens is 308 g/mol. The summed E-state index contributed by atoms with van der Waals surface area (Å²) in [5.41, 5.74) is 1.39. The van der Waals surface area contributed by atoms with Crippen LogP contribution in [0.15, 0.2) is 24.3 Å². The molecule has 3 heteroatoms. The Morgan fingerprint density at radius 3 is 2.08 bits per heavy atom. The Morgan fingerprint density at radius 2 is 1.56 bits per heavy atom. The first-order chi connectivity index (χ1) is 12.1. The first kappa shape index (κ1) is 23.9. The Labute approximate surface area is 157 Å². The van der Waals surface area contributed by atoms with Crippen molar-refractivity contribution in [3.8, 4) is 5.75 Å². The van der Waals surface area contributed by atoms with Crippen molar-refractivity contribution in [2.75, 3.05) is 40.3 Å². The van der Waals surface area contributed by atoms with Gasteiger partial charge in [-0.25, -0.2) is 0 Å². The van der Waals surface area contributed by atoms with Gasteiger partial charge in [-0.1, -0.05) is 46.8 Å². The highest BCUT2D eigenvalue weighted by molar-refractivity contribution is 5.27. The maximum atomic E-state index is 5.78. The van der Waals surface area contributed by atoms with Gasteiger partial charge in [0.05, 0.1) is 6.61 Å². The largest absolute Gasteiger partial charge is 0.494 e. The summed E-state index contributed by atoms with van der Waals surface area (Å²) in [6.07, 6.45) is 3.75. The second-order valence-electron chi connectivity index (χ2n) is 6.61. The summed E-state index contributed by atoms with van der Waals surface area (Å²) in [5, 5.41) is 0. The van der Waals surface area contributed by atoms with E-state index in [1.807, 2.05) is 27.7 Å². The molecule has 0 atom stereocenters. The monoisotopic (exact) mass is 350 g/mol. The molecule has 25 heavy (non-hydrogen) atoms. The highest BCUT2D eigenvalue weighted by Gasteiger charge is 2.15. The molecule has 0 aliphatic carbocycles. The summed E-state index contributed by atoms with van der Waals surface area (Å²) >= 11 is 0.